The van der Waals surface area contributed by atoms with E-state index in [0.29, 0.717) is 33.2 Å². The smallest absolute Gasteiger partial charge is 0.255 e. The van der Waals surface area contributed by atoms with Gasteiger partial charge in [-0.25, -0.2) is 9.07 Å². The average molecular weight is 520 g/mol. The maximum atomic E-state index is 13.8. The lowest BCUT2D eigenvalue weighted by molar-refractivity contribution is -0.113. The van der Waals surface area contributed by atoms with Gasteiger partial charge in [0.2, 0.25) is 11.1 Å². The van der Waals surface area contributed by atoms with Crippen LogP contribution in [-0.2, 0) is 10.5 Å². The molecule has 2 N–H and O–H groups in total. The van der Waals surface area contributed by atoms with E-state index in [-0.39, 0.29) is 11.7 Å². The van der Waals surface area contributed by atoms with E-state index in [1.807, 2.05) is 62.4 Å². The van der Waals surface area contributed by atoms with Crippen LogP contribution in [0.2, 0.25) is 5.02 Å². The van der Waals surface area contributed by atoms with Crippen LogP contribution in [-0.4, -0.2) is 20.7 Å². The Balaban J connectivity index is 1.48. The highest BCUT2D eigenvalue weighted by molar-refractivity contribution is 7.98. The average Bonchev–Trinajstić information content (AvgIpc) is 3.27. The zero-order valence-corrected chi connectivity index (χ0v) is 21.2. The summed E-state index contributed by atoms with van der Waals surface area (Å²) >= 11 is 7.47. The number of allylic oxidation sites excluding steroid dienone is 1. The van der Waals surface area contributed by atoms with Crippen molar-refractivity contribution in [1.29, 1.82) is 0 Å². The number of carbonyl (C=O) groups excluding carboxylic acids is 1. The van der Waals surface area contributed by atoms with Crippen molar-refractivity contribution in [3.63, 3.8) is 0 Å². The molecule has 9 heteroatoms. The van der Waals surface area contributed by atoms with Crippen molar-refractivity contribution in [2.75, 3.05) is 10.6 Å². The highest BCUT2D eigenvalue weighted by atomic mass is 35.5. The summed E-state index contributed by atoms with van der Waals surface area (Å²) in [5.74, 6) is 0.569. The molecule has 1 aliphatic rings. The van der Waals surface area contributed by atoms with Crippen molar-refractivity contribution < 1.29 is 9.18 Å². The number of benzene rings is 3. The zero-order chi connectivity index (χ0) is 25.2. The van der Waals surface area contributed by atoms with Crippen molar-refractivity contribution in [2.45, 2.75) is 30.8 Å². The first-order chi connectivity index (χ1) is 17.4. The number of rotatable bonds is 6. The second-order valence-electron chi connectivity index (χ2n) is 8.46. The van der Waals surface area contributed by atoms with E-state index < -0.39 is 6.04 Å². The zero-order valence-electron chi connectivity index (χ0n) is 19.6. The number of halogens is 2. The summed E-state index contributed by atoms with van der Waals surface area (Å²) in [6, 6.07) is 20.8. The Hall–Kier alpha value is -3.62. The van der Waals surface area contributed by atoms with Crippen LogP contribution in [0.3, 0.4) is 0 Å². The fourth-order valence-corrected chi connectivity index (χ4v) is 4.98. The third kappa shape index (κ3) is 5.01. The number of aromatic nitrogens is 3. The first-order valence-corrected chi connectivity index (χ1v) is 12.7. The number of anilines is 2. The number of hydrogen-bond donors (Lipinski definition) is 2. The first kappa shape index (κ1) is 24.1. The van der Waals surface area contributed by atoms with Crippen molar-refractivity contribution >= 4 is 40.9 Å². The van der Waals surface area contributed by atoms with Crippen LogP contribution in [0.4, 0.5) is 16.0 Å². The van der Waals surface area contributed by atoms with Gasteiger partial charge in [-0.2, -0.15) is 4.98 Å². The number of amides is 1. The molecule has 0 spiro atoms. The third-order valence-electron chi connectivity index (χ3n) is 5.94. The predicted octanol–water partition coefficient (Wildman–Crippen LogP) is 6.60. The summed E-state index contributed by atoms with van der Waals surface area (Å²) in [5.41, 5.74) is 4.64. The maximum absolute atomic E-state index is 13.8. The van der Waals surface area contributed by atoms with Gasteiger partial charge in [-0.1, -0.05) is 65.8 Å². The molecule has 0 unspecified atom stereocenters. The van der Waals surface area contributed by atoms with Gasteiger partial charge in [0.25, 0.3) is 5.91 Å². The number of carbonyl (C=O) groups is 1. The molecule has 1 aliphatic heterocycles. The van der Waals surface area contributed by atoms with Gasteiger partial charge in [0.15, 0.2) is 0 Å². The van der Waals surface area contributed by atoms with Crippen LogP contribution < -0.4 is 10.6 Å². The molecule has 0 saturated heterocycles. The second-order valence-corrected chi connectivity index (χ2v) is 9.84. The molecular weight excluding hydrogens is 497 g/mol. The maximum Gasteiger partial charge on any atom is 0.255 e. The fourth-order valence-electron chi connectivity index (χ4n) is 4.07. The quantitative estimate of drug-likeness (QED) is 0.281. The molecule has 0 fully saturated rings. The highest BCUT2D eigenvalue weighted by Gasteiger charge is 2.34. The number of nitrogens with one attached hydrogen (secondary N) is 2. The van der Waals surface area contributed by atoms with E-state index in [1.54, 1.807) is 16.8 Å². The van der Waals surface area contributed by atoms with Crippen LogP contribution >= 0.6 is 23.4 Å². The van der Waals surface area contributed by atoms with Gasteiger partial charge < -0.3 is 10.6 Å². The van der Waals surface area contributed by atoms with Gasteiger partial charge in [0.1, 0.15) is 11.9 Å². The van der Waals surface area contributed by atoms with Crippen molar-refractivity contribution in [3.8, 4) is 0 Å². The summed E-state index contributed by atoms with van der Waals surface area (Å²) < 4.78 is 15.4. The Morgan fingerprint density at radius 2 is 1.81 bits per heavy atom. The Morgan fingerprint density at radius 3 is 2.53 bits per heavy atom. The molecule has 1 aromatic heterocycles. The molecule has 4 aromatic rings. The van der Waals surface area contributed by atoms with Gasteiger partial charge in [0, 0.05) is 22.2 Å². The molecule has 1 amide bonds. The molecular formula is C27H23ClFN5OS. The molecule has 0 aliphatic carbocycles. The summed E-state index contributed by atoms with van der Waals surface area (Å²) in [4.78, 5) is 18.2. The monoisotopic (exact) mass is 519 g/mol. The molecule has 3 aromatic carbocycles. The van der Waals surface area contributed by atoms with E-state index in [4.69, 9.17) is 16.7 Å². The number of hydrogen-bond acceptors (Lipinski definition) is 5. The molecule has 36 heavy (non-hydrogen) atoms. The molecule has 0 bridgehead atoms. The predicted molar refractivity (Wildman–Crippen MR) is 142 cm³/mol. The molecule has 0 saturated carbocycles. The first-order valence-electron chi connectivity index (χ1n) is 11.3. The molecule has 0 radical (unpaired) electrons. The molecule has 2 heterocycles. The van der Waals surface area contributed by atoms with E-state index in [1.165, 1.54) is 23.9 Å². The number of fused-ring (bicyclic) bond motifs is 1. The summed E-state index contributed by atoms with van der Waals surface area (Å²) in [6.45, 7) is 3.77. The number of nitrogens with zero attached hydrogens (tertiary/aromatic N) is 3. The van der Waals surface area contributed by atoms with Crippen LogP contribution in [0, 0.1) is 12.7 Å². The van der Waals surface area contributed by atoms with Crippen LogP contribution in [0.1, 0.15) is 29.7 Å². The van der Waals surface area contributed by atoms with Crippen molar-refractivity contribution in [1.82, 2.24) is 14.8 Å². The van der Waals surface area contributed by atoms with E-state index in [2.05, 4.69) is 15.6 Å². The minimum absolute atomic E-state index is 0.264. The van der Waals surface area contributed by atoms with E-state index in [0.717, 1.165) is 22.4 Å². The number of aryl methyl sites for hydroxylation is 1. The number of thioether (sulfide) groups is 1. The minimum atomic E-state index is -0.580. The fraction of sp³-hybridized carbons (Fsp3) is 0.148. The van der Waals surface area contributed by atoms with Crippen molar-refractivity contribution in [3.05, 3.63) is 112 Å². The molecule has 182 valence electrons. The second kappa shape index (κ2) is 10.2. The minimum Gasteiger partial charge on any atom is -0.328 e. The topological polar surface area (TPSA) is 71.8 Å². The molecule has 1 atom stereocenters. The third-order valence-corrected chi connectivity index (χ3v) is 7.10. The lowest BCUT2D eigenvalue weighted by Gasteiger charge is -2.28. The van der Waals surface area contributed by atoms with Gasteiger partial charge in [-0.05, 0) is 60.9 Å². The Kier molecular flexibility index (Phi) is 6.80. The normalized spacial score (nSPS) is 14.8. The summed E-state index contributed by atoms with van der Waals surface area (Å²) in [5, 5.41) is 12.2. The Morgan fingerprint density at radius 1 is 1.08 bits per heavy atom. The van der Waals surface area contributed by atoms with Gasteiger partial charge in [-0.3, -0.25) is 4.79 Å². The van der Waals surface area contributed by atoms with Gasteiger partial charge >= 0.3 is 0 Å². The van der Waals surface area contributed by atoms with Gasteiger partial charge in [-0.15, -0.1) is 5.10 Å². The van der Waals surface area contributed by atoms with Crippen LogP contribution in [0.15, 0.2) is 89.2 Å². The number of para-hydroxylation sites is 1. The van der Waals surface area contributed by atoms with Crippen LogP contribution in [0.25, 0.3) is 0 Å². The van der Waals surface area contributed by atoms with E-state index in [9.17, 15) is 9.18 Å². The molecule has 6 nitrogen and oxygen atoms in total. The highest BCUT2D eigenvalue weighted by Crippen LogP contribution is 2.37. The van der Waals surface area contributed by atoms with Crippen molar-refractivity contribution in [2.24, 2.45) is 0 Å². The lowest BCUT2D eigenvalue weighted by Crippen LogP contribution is -2.31. The summed E-state index contributed by atoms with van der Waals surface area (Å²) in [7, 11) is 0. The Labute approximate surface area is 217 Å². The Bertz CT molecular complexity index is 1450. The standard InChI is InChI=1S/C27H23ClFN5OS/c1-16-5-3-4-6-22(16)31-25(35)23-17(2)30-26-32-27(36-15-18-7-11-20(28)12-8-18)33-34(26)24(23)19-9-13-21(29)14-10-19/h3-14,24H,15H2,1-2H3,(H,31,35)(H,30,32,33)/t24-/m0/s1. The van der Waals surface area contributed by atoms with Crippen LogP contribution in [0.5, 0.6) is 0 Å². The van der Waals surface area contributed by atoms with Gasteiger partial charge in [0.05, 0.1) is 5.57 Å². The lowest BCUT2D eigenvalue weighted by atomic mass is 9.95. The largest absolute Gasteiger partial charge is 0.328 e. The summed E-state index contributed by atoms with van der Waals surface area (Å²) in [6.07, 6.45) is 0. The molecule has 5 rings (SSSR count). The van der Waals surface area contributed by atoms with E-state index >= 15 is 0 Å². The SMILES string of the molecule is CC1=C(C(=O)Nc2ccccc2C)[C@H](c2ccc(F)cc2)n2nc(SCc3ccc(Cl)cc3)nc2N1.